The summed E-state index contributed by atoms with van der Waals surface area (Å²) in [5.74, 6) is 0. The topological polar surface area (TPSA) is 90.4 Å². The maximum absolute atomic E-state index is 13.1. The number of allylic oxidation sites excluding steroid dienone is 1. The summed E-state index contributed by atoms with van der Waals surface area (Å²) in [5.41, 5.74) is -0.0468. The van der Waals surface area contributed by atoms with E-state index >= 15 is 0 Å². The van der Waals surface area contributed by atoms with Crippen LogP contribution in [0.1, 0.15) is 24.9 Å². The molecule has 0 radical (unpaired) electrons. The molecule has 26 heavy (non-hydrogen) atoms. The summed E-state index contributed by atoms with van der Waals surface area (Å²) in [7, 11) is -3.32. The van der Waals surface area contributed by atoms with Gasteiger partial charge in [-0.15, -0.1) is 0 Å². The number of rotatable bonds is 7. The van der Waals surface area contributed by atoms with Crippen molar-refractivity contribution >= 4 is 7.60 Å². The lowest BCUT2D eigenvalue weighted by Gasteiger charge is -2.22. The standard InChI is InChI=1S/C18H21N2O5P/c1-2-24-26(23,13-14-6-4-3-5-7-14)25-16-9-8-15(12-16)20-11-10-17(21)19-18(20)22/h3-11,15-16H,2,12-13H2,1H3,(H,19,21,22). The van der Waals surface area contributed by atoms with E-state index in [1.165, 1.54) is 16.8 Å². The summed E-state index contributed by atoms with van der Waals surface area (Å²) in [6.45, 7) is 2.05. The molecular weight excluding hydrogens is 355 g/mol. The van der Waals surface area contributed by atoms with Crippen molar-refractivity contribution < 1.29 is 13.6 Å². The molecule has 8 heteroatoms. The molecule has 1 aromatic carbocycles. The minimum atomic E-state index is -3.32. The highest BCUT2D eigenvalue weighted by atomic mass is 31.2. The number of aromatic amines is 1. The van der Waals surface area contributed by atoms with Crippen molar-refractivity contribution in [2.75, 3.05) is 6.61 Å². The molecule has 0 saturated heterocycles. The Morgan fingerprint density at radius 2 is 1.96 bits per heavy atom. The molecule has 0 spiro atoms. The van der Waals surface area contributed by atoms with Crippen LogP contribution < -0.4 is 11.2 Å². The Morgan fingerprint density at radius 1 is 1.19 bits per heavy atom. The summed E-state index contributed by atoms with van der Waals surface area (Å²) < 4.78 is 25.8. The van der Waals surface area contributed by atoms with Crippen molar-refractivity contribution in [2.24, 2.45) is 0 Å². The van der Waals surface area contributed by atoms with Gasteiger partial charge in [0.25, 0.3) is 5.56 Å². The molecule has 0 saturated carbocycles. The van der Waals surface area contributed by atoms with E-state index in [9.17, 15) is 14.2 Å². The van der Waals surface area contributed by atoms with Crippen LogP contribution in [0.15, 0.2) is 64.3 Å². The number of hydrogen-bond acceptors (Lipinski definition) is 5. The second kappa shape index (κ2) is 7.99. The van der Waals surface area contributed by atoms with Gasteiger partial charge in [0, 0.05) is 18.7 Å². The van der Waals surface area contributed by atoms with Crippen LogP contribution in [0, 0.1) is 0 Å². The Bertz CT molecular complexity index is 934. The predicted octanol–water partition coefficient (Wildman–Crippen LogP) is 2.85. The van der Waals surface area contributed by atoms with Gasteiger partial charge >= 0.3 is 13.3 Å². The van der Waals surface area contributed by atoms with Gasteiger partial charge in [-0.3, -0.25) is 18.9 Å². The van der Waals surface area contributed by atoms with Gasteiger partial charge in [0.15, 0.2) is 0 Å². The third kappa shape index (κ3) is 4.49. The van der Waals surface area contributed by atoms with Crippen molar-refractivity contribution in [3.8, 4) is 0 Å². The SMILES string of the molecule is CCOP(=O)(Cc1ccccc1)OC1C=CC(n2ccc(=O)[nH]c2=O)C1. The van der Waals surface area contributed by atoms with E-state index in [2.05, 4.69) is 4.98 Å². The van der Waals surface area contributed by atoms with Crippen LogP contribution in [0.4, 0.5) is 0 Å². The third-order valence-corrected chi connectivity index (χ3v) is 6.07. The normalized spacial score (nSPS) is 21.6. The van der Waals surface area contributed by atoms with E-state index < -0.39 is 24.9 Å². The van der Waals surface area contributed by atoms with Gasteiger partial charge in [0.1, 0.15) is 0 Å². The number of benzene rings is 1. The summed E-state index contributed by atoms with van der Waals surface area (Å²) >= 11 is 0. The van der Waals surface area contributed by atoms with Gasteiger partial charge in [-0.2, -0.15) is 0 Å². The zero-order valence-corrected chi connectivity index (χ0v) is 15.3. The summed E-state index contributed by atoms with van der Waals surface area (Å²) in [6.07, 6.45) is 5.24. The number of H-pyrrole nitrogens is 1. The molecule has 2 aromatic rings. The van der Waals surface area contributed by atoms with Crippen molar-refractivity contribution in [1.29, 1.82) is 0 Å². The van der Waals surface area contributed by atoms with E-state index in [4.69, 9.17) is 9.05 Å². The van der Waals surface area contributed by atoms with Crippen LogP contribution in [-0.4, -0.2) is 22.3 Å². The van der Waals surface area contributed by atoms with Crippen LogP contribution in [0.25, 0.3) is 0 Å². The molecule has 1 heterocycles. The Labute approximate surface area is 150 Å². The van der Waals surface area contributed by atoms with E-state index in [-0.39, 0.29) is 18.8 Å². The summed E-state index contributed by atoms with van der Waals surface area (Å²) in [5, 5.41) is 0. The molecule has 1 aliphatic rings. The monoisotopic (exact) mass is 376 g/mol. The fourth-order valence-electron chi connectivity index (χ4n) is 2.94. The average molecular weight is 376 g/mol. The van der Waals surface area contributed by atoms with Crippen LogP contribution in [0.5, 0.6) is 0 Å². The van der Waals surface area contributed by atoms with E-state index in [1.807, 2.05) is 36.4 Å². The first-order valence-corrected chi connectivity index (χ1v) is 10.2. The molecule has 3 unspecified atom stereocenters. The van der Waals surface area contributed by atoms with Gasteiger partial charge in [-0.1, -0.05) is 42.5 Å². The van der Waals surface area contributed by atoms with Crippen LogP contribution in [0.3, 0.4) is 0 Å². The molecule has 7 nitrogen and oxygen atoms in total. The fourth-order valence-corrected chi connectivity index (χ4v) is 4.79. The third-order valence-electron chi connectivity index (χ3n) is 4.07. The lowest BCUT2D eigenvalue weighted by atomic mass is 10.2. The Balaban J connectivity index is 1.71. The molecule has 1 aliphatic carbocycles. The number of nitrogens with one attached hydrogen (secondary N) is 1. The van der Waals surface area contributed by atoms with Gasteiger partial charge in [-0.25, -0.2) is 4.79 Å². The second-order valence-corrected chi connectivity index (χ2v) is 8.03. The Hall–Kier alpha value is -2.21. The van der Waals surface area contributed by atoms with Crippen molar-refractivity contribution in [3.05, 3.63) is 81.1 Å². The number of hydrogen-bond donors (Lipinski definition) is 1. The highest BCUT2D eigenvalue weighted by molar-refractivity contribution is 7.53. The molecule has 3 rings (SSSR count). The zero-order chi connectivity index (χ0) is 18.6. The number of nitrogens with zero attached hydrogens (tertiary/aromatic N) is 1. The zero-order valence-electron chi connectivity index (χ0n) is 14.4. The molecule has 0 bridgehead atoms. The number of aromatic nitrogens is 2. The lowest BCUT2D eigenvalue weighted by Crippen LogP contribution is -2.30. The minimum Gasteiger partial charge on any atom is -0.309 e. The van der Waals surface area contributed by atoms with Crippen LogP contribution >= 0.6 is 7.60 Å². The highest BCUT2D eigenvalue weighted by Crippen LogP contribution is 2.53. The Kier molecular flexibility index (Phi) is 5.71. The second-order valence-electron chi connectivity index (χ2n) is 6.02. The Morgan fingerprint density at radius 3 is 2.65 bits per heavy atom. The van der Waals surface area contributed by atoms with Gasteiger partial charge in [0.05, 0.1) is 24.9 Å². The maximum Gasteiger partial charge on any atom is 0.335 e. The largest absolute Gasteiger partial charge is 0.335 e. The molecule has 1 aromatic heterocycles. The molecule has 0 amide bonds. The molecule has 3 atom stereocenters. The molecular formula is C18H21N2O5P. The molecule has 0 aliphatic heterocycles. The van der Waals surface area contributed by atoms with Crippen LogP contribution in [-0.2, 0) is 19.8 Å². The quantitative estimate of drug-likeness (QED) is 0.593. The fraction of sp³-hybridized carbons (Fsp3) is 0.333. The molecule has 138 valence electrons. The highest BCUT2D eigenvalue weighted by Gasteiger charge is 2.31. The molecule has 1 N–H and O–H groups in total. The van der Waals surface area contributed by atoms with E-state index in [0.717, 1.165) is 5.56 Å². The summed E-state index contributed by atoms with van der Waals surface area (Å²) in [6, 6.07) is 10.4. The smallest absolute Gasteiger partial charge is 0.309 e. The van der Waals surface area contributed by atoms with Crippen molar-refractivity contribution in [3.63, 3.8) is 0 Å². The minimum absolute atomic E-state index is 0.190. The van der Waals surface area contributed by atoms with E-state index in [1.54, 1.807) is 13.0 Å². The average Bonchev–Trinajstić information content (AvgIpc) is 3.03. The van der Waals surface area contributed by atoms with Gasteiger partial charge < -0.3 is 9.05 Å². The van der Waals surface area contributed by atoms with Crippen molar-refractivity contribution in [1.82, 2.24) is 9.55 Å². The van der Waals surface area contributed by atoms with Gasteiger partial charge in [0.2, 0.25) is 0 Å². The van der Waals surface area contributed by atoms with E-state index in [0.29, 0.717) is 6.42 Å². The van der Waals surface area contributed by atoms with Gasteiger partial charge in [-0.05, 0) is 12.5 Å². The molecule has 0 fully saturated rings. The summed E-state index contributed by atoms with van der Waals surface area (Å²) in [4.78, 5) is 25.3. The predicted molar refractivity (Wildman–Crippen MR) is 98.4 cm³/mol. The first-order valence-electron chi connectivity index (χ1n) is 8.45. The van der Waals surface area contributed by atoms with Crippen LogP contribution in [0.2, 0.25) is 0 Å². The first kappa shape index (κ1) is 18.6. The van der Waals surface area contributed by atoms with Crippen molar-refractivity contribution in [2.45, 2.75) is 31.7 Å². The first-order chi connectivity index (χ1) is 12.5. The maximum atomic E-state index is 13.1. The lowest BCUT2D eigenvalue weighted by molar-refractivity contribution is 0.170.